The Morgan fingerprint density at radius 2 is 2.00 bits per heavy atom. The Morgan fingerprint density at radius 1 is 1.30 bits per heavy atom. The average Bonchev–Trinajstić information content (AvgIpc) is 2.86. The van der Waals surface area contributed by atoms with E-state index >= 15 is 0 Å². The molecule has 1 aliphatic rings. The second-order valence-electron chi connectivity index (χ2n) is 5.78. The van der Waals surface area contributed by atoms with Gasteiger partial charge in [-0.25, -0.2) is 9.18 Å². The van der Waals surface area contributed by atoms with Gasteiger partial charge in [0.25, 0.3) is 0 Å². The third kappa shape index (κ3) is 2.79. The molecule has 1 heterocycles. The van der Waals surface area contributed by atoms with E-state index in [2.05, 4.69) is 4.98 Å². The van der Waals surface area contributed by atoms with Crippen molar-refractivity contribution < 1.29 is 18.7 Å². The fourth-order valence-electron chi connectivity index (χ4n) is 3.21. The highest BCUT2D eigenvalue weighted by Gasteiger charge is 2.32. The number of ketones is 1. The molecule has 2 aromatic rings. The molecule has 23 heavy (non-hydrogen) atoms. The average molecular weight is 315 g/mol. The molecule has 0 saturated carbocycles. The van der Waals surface area contributed by atoms with Crippen LogP contribution in [0.1, 0.15) is 56.9 Å². The fourth-order valence-corrected chi connectivity index (χ4v) is 3.21. The van der Waals surface area contributed by atoms with Gasteiger partial charge >= 0.3 is 5.97 Å². The Hall–Kier alpha value is -2.43. The Kier molecular flexibility index (Phi) is 4.03. The van der Waals surface area contributed by atoms with Crippen molar-refractivity contribution in [3.05, 3.63) is 58.2 Å². The molecule has 0 unspecified atom stereocenters. The lowest BCUT2D eigenvalue weighted by Gasteiger charge is -2.22. The Labute approximate surface area is 133 Å². The van der Waals surface area contributed by atoms with E-state index in [0.717, 1.165) is 11.3 Å². The molecule has 1 N–H and O–H groups in total. The molecule has 5 heteroatoms. The number of halogens is 1. The Balaban J connectivity index is 1.94. The summed E-state index contributed by atoms with van der Waals surface area (Å²) in [6.45, 7) is 3.79. The molecule has 0 saturated heterocycles. The van der Waals surface area contributed by atoms with Crippen molar-refractivity contribution in [2.24, 2.45) is 0 Å². The van der Waals surface area contributed by atoms with Gasteiger partial charge in [-0.15, -0.1) is 0 Å². The number of aromatic nitrogens is 1. The van der Waals surface area contributed by atoms with Gasteiger partial charge in [0, 0.05) is 17.7 Å². The number of H-pyrrole nitrogens is 1. The molecule has 120 valence electrons. The van der Waals surface area contributed by atoms with Crippen LogP contribution >= 0.6 is 0 Å². The number of ether oxygens (including phenoxy) is 1. The zero-order valence-corrected chi connectivity index (χ0v) is 13.1. The van der Waals surface area contributed by atoms with Crippen LogP contribution in [0, 0.1) is 12.7 Å². The van der Waals surface area contributed by atoms with Crippen LogP contribution < -0.4 is 0 Å². The zero-order valence-electron chi connectivity index (χ0n) is 13.1. The van der Waals surface area contributed by atoms with Crippen molar-refractivity contribution in [2.45, 2.75) is 32.6 Å². The number of benzene rings is 1. The van der Waals surface area contributed by atoms with Gasteiger partial charge < -0.3 is 9.72 Å². The highest BCUT2D eigenvalue weighted by Crippen LogP contribution is 2.35. The number of nitrogens with one attached hydrogen (secondary N) is 1. The summed E-state index contributed by atoms with van der Waals surface area (Å²) in [4.78, 5) is 27.5. The predicted octanol–water partition coefficient (Wildman–Crippen LogP) is 3.55. The monoisotopic (exact) mass is 315 g/mol. The number of aromatic amines is 1. The first-order chi connectivity index (χ1) is 11.0. The van der Waals surface area contributed by atoms with E-state index in [9.17, 15) is 14.0 Å². The van der Waals surface area contributed by atoms with Gasteiger partial charge in [-0.2, -0.15) is 0 Å². The normalized spacial score (nSPS) is 17.0. The molecule has 0 amide bonds. The Morgan fingerprint density at radius 3 is 2.65 bits per heavy atom. The van der Waals surface area contributed by atoms with Crippen LogP contribution in [0.4, 0.5) is 4.39 Å². The summed E-state index contributed by atoms with van der Waals surface area (Å²) in [6.07, 6.45) is 0.979. The van der Waals surface area contributed by atoms with Gasteiger partial charge in [0.05, 0.1) is 6.61 Å². The number of carbonyl (C=O) groups excluding carboxylic acids is 2. The van der Waals surface area contributed by atoms with Crippen molar-refractivity contribution in [3.63, 3.8) is 0 Å². The predicted molar refractivity (Wildman–Crippen MR) is 83.3 cm³/mol. The molecule has 1 aromatic carbocycles. The number of hydrogen-bond donors (Lipinski definition) is 1. The summed E-state index contributed by atoms with van der Waals surface area (Å²) in [5.41, 5.74) is 3.30. The van der Waals surface area contributed by atoms with Crippen molar-refractivity contribution in [3.8, 4) is 0 Å². The van der Waals surface area contributed by atoms with E-state index in [1.807, 2.05) is 0 Å². The van der Waals surface area contributed by atoms with Crippen molar-refractivity contribution in [1.29, 1.82) is 0 Å². The SMILES string of the molecule is CCOC(=O)c1[nH]c2c(c1C)C(=O)C[C@@H](c1ccc(F)cc1)C2. The molecule has 3 rings (SSSR count). The lowest BCUT2D eigenvalue weighted by molar-refractivity contribution is 0.0519. The van der Waals surface area contributed by atoms with Crippen LogP contribution in [0.3, 0.4) is 0 Å². The highest BCUT2D eigenvalue weighted by molar-refractivity contribution is 6.03. The van der Waals surface area contributed by atoms with Crippen LogP contribution in [-0.4, -0.2) is 23.3 Å². The quantitative estimate of drug-likeness (QED) is 0.881. The van der Waals surface area contributed by atoms with Crippen molar-refractivity contribution in [2.75, 3.05) is 6.61 Å². The van der Waals surface area contributed by atoms with Gasteiger partial charge in [-0.1, -0.05) is 12.1 Å². The lowest BCUT2D eigenvalue weighted by atomic mass is 9.81. The van der Waals surface area contributed by atoms with E-state index in [4.69, 9.17) is 4.74 Å². The summed E-state index contributed by atoms with van der Waals surface area (Å²) in [6, 6.07) is 6.22. The molecular formula is C18H18FNO3. The summed E-state index contributed by atoms with van der Waals surface area (Å²) in [5, 5.41) is 0. The molecule has 4 nitrogen and oxygen atoms in total. The minimum Gasteiger partial charge on any atom is -0.461 e. The number of carbonyl (C=O) groups is 2. The maximum atomic E-state index is 13.1. The third-order valence-corrected chi connectivity index (χ3v) is 4.31. The van der Waals surface area contributed by atoms with Gasteiger partial charge in [0.1, 0.15) is 11.5 Å². The fraction of sp³-hybridized carbons (Fsp3) is 0.333. The second kappa shape index (κ2) is 5.99. The van der Waals surface area contributed by atoms with Crippen LogP contribution in [-0.2, 0) is 11.2 Å². The zero-order chi connectivity index (χ0) is 16.6. The first kappa shape index (κ1) is 15.5. The molecule has 0 radical (unpaired) electrons. The van der Waals surface area contributed by atoms with Crippen molar-refractivity contribution in [1.82, 2.24) is 4.98 Å². The van der Waals surface area contributed by atoms with Crippen LogP contribution in [0.15, 0.2) is 24.3 Å². The minimum absolute atomic E-state index is 0.00451. The van der Waals surface area contributed by atoms with E-state index in [1.54, 1.807) is 26.0 Å². The molecule has 0 spiro atoms. The first-order valence-corrected chi connectivity index (χ1v) is 7.68. The van der Waals surface area contributed by atoms with Gasteiger partial charge in [-0.3, -0.25) is 4.79 Å². The number of fused-ring (bicyclic) bond motifs is 1. The molecule has 0 aliphatic heterocycles. The molecule has 1 aromatic heterocycles. The molecule has 1 aliphatic carbocycles. The summed E-state index contributed by atoms with van der Waals surface area (Å²) < 4.78 is 18.1. The summed E-state index contributed by atoms with van der Waals surface area (Å²) >= 11 is 0. The molecule has 1 atom stereocenters. The van der Waals surface area contributed by atoms with Gasteiger partial charge in [0.15, 0.2) is 5.78 Å². The van der Waals surface area contributed by atoms with Gasteiger partial charge in [0.2, 0.25) is 0 Å². The molecule has 0 bridgehead atoms. The minimum atomic E-state index is -0.439. The maximum Gasteiger partial charge on any atom is 0.355 e. The molecule has 0 fully saturated rings. The van der Waals surface area contributed by atoms with E-state index in [1.165, 1.54) is 12.1 Å². The van der Waals surface area contributed by atoms with Crippen LogP contribution in [0.2, 0.25) is 0 Å². The number of Topliss-reactive ketones (excluding diaryl/α,β-unsaturated/α-hetero) is 1. The van der Waals surface area contributed by atoms with E-state index in [-0.39, 0.29) is 24.1 Å². The van der Waals surface area contributed by atoms with E-state index in [0.29, 0.717) is 29.7 Å². The smallest absolute Gasteiger partial charge is 0.355 e. The first-order valence-electron chi connectivity index (χ1n) is 7.68. The number of rotatable bonds is 3. The number of esters is 1. The van der Waals surface area contributed by atoms with Crippen molar-refractivity contribution >= 4 is 11.8 Å². The molecular weight excluding hydrogens is 297 g/mol. The van der Waals surface area contributed by atoms with Crippen LogP contribution in [0.25, 0.3) is 0 Å². The summed E-state index contributed by atoms with van der Waals surface area (Å²) in [7, 11) is 0. The van der Waals surface area contributed by atoms with E-state index < -0.39 is 5.97 Å². The lowest BCUT2D eigenvalue weighted by Crippen LogP contribution is -2.18. The maximum absolute atomic E-state index is 13.1. The largest absolute Gasteiger partial charge is 0.461 e. The number of hydrogen-bond acceptors (Lipinski definition) is 3. The van der Waals surface area contributed by atoms with Crippen LogP contribution in [0.5, 0.6) is 0 Å². The summed E-state index contributed by atoms with van der Waals surface area (Å²) in [5.74, 6) is -0.740. The Bertz CT molecular complexity index is 761. The highest BCUT2D eigenvalue weighted by atomic mass is 19.1. The standard InChI is InChI=1S/C18H18FNO3/c1-3-23-18(22)17-10(2)16-14(20-17)8-12(9-15(16)21)11-4-6-13(19)7-5-11/h4-7,12,20H,3,8-9H2,1-2H3/t12-/m0/s1. The topological polar surface area (TPSA) is 59.2 Å². The van der Waals surface area contributed by atoms with Gasteiger partial charge in [-0.05, 0) is 49.4 Å². The second-order valence-corrected chi connectivity index (χ2v) is 5.78. The third-order valence-electron chi connectivity index (χ3n) is 4.31.